The molecule has 0 bridgehead atoms. The van der Waals surface area contributed by atoms with Crippen molar-refractivity contribution in [2.24, 2.45) is 5.11 Å². The van der Waals surface area contributed by atoms with E-state index in [1.54, 1.807) is 0 Å². The Bertz CT molecular complexity index is 602. The van der Waals surface area contributed by atoms with Crippen molar-refractivity contribution in [1.29, 1.82) is 0 Å². The number of rotatable bonds is 7. The lowest BCUT2D eigenvalue weighted by Gasteiger charge is -2.06. The van der Waals surface area contributed by atoms with Gasteiger partial charge in [0, 0.05) is 4.91 Å². The molecular weight excluding hydrogens is 266 g/mol. The molecule has 0 radical (unpaired) electrons. The van der Waals surface area contributed by atoms with E-state index in [4.69, 9.17) is 15.4 Å². The first-order valence-electron chi connectivity index (χ1n) is 6.73. The molecule has 0 atom stereocenters. The van der Waals surface area contributed by atoms with Gasteiger partial charge in [-0.1, -0.05) is 41.5 Å². The summed E-state index contributed by atoms with van der Waals surface area (Å²) < 4.78 is 5.45. The average molecular weight is 283 g/mol. The molecule has 0 heterocycles. The zero-order chi connectivity index (χ0) is 14.9. The number of azide groups is 1. The second-order valence-corrected chi connectivity index (χ2v) is 4.60. The first kappa shape index (κ1) is 14.9. The fraction of sp³-hybridized carbons (Fsp3) is 0.250. The summed E-state index contributed by atoms with van der Waals surface area (Å²) in [6, 6.07) is 15.8. The van der Waals surface area contributed by atoms with Gasteiger partial charge in [0.1, 0.15) is 5.75 Å². The van der Waals surface area contributed by atoms with Gasteiger partial charge in [0.15, 0.2) is 0 Å². The van der Waals surface area contributed by atoms with Crippen molar-refractivity contribution in [3.8, 4) is 5.75 Å². The van der Waals surface area contributed by atoms with Gasteiger partial charge in [-0.25, -0.2) is 0 Å². The van der Waals surface area contributed by atoms with E-state index in [2.05, 4.69) is 10.0 Å². The van der Waals surface area contributed by atoms with Gasteiger partial charge >= 0.3 is 0 Å². The number of benzene rings is 2. The van der Waals surface area contributed by atoms with Crippen LogP contribution in [0.2, 0.25) is 0 Å². The normalized spacial score (nSPS) is 9.95. The monoisotopic (exact) mass is 283 g/mol. The summed E-state index contributed by atoms with van der Waals surface area (Å²) in [4.78, 5) is 2.67. The third-order valence-electron chi connectivity index (χ3n) is 3.06. The van der Waals surface area contributed by atoms with Crippen molar-refractivity contribution < 1.29 is 9.84 Å². The van der Waals surface area contributed by atoms with E-state index in [0.717, 1.165) is 17.7 Å². The van der Waals surface area contributed by atoms with Crippen LogP contribution in [0, 0.1) is 0 Å². The first-order valence-corrected chi connectivity index (χ1v) is 6.73. The molecule has 21 heavy (non-hydrogen) atoms. The maximum absolute atomic E-state index is 9.01. The van der Waals surface area contributed by atoms with Gasteiger partial charge in [-0.2, -0.15) is 0 Å². The number of ether oxygens (including phenoxy) is 1. The van der Waals surface area contributed by atoms with Gasteiger partial charge in [0.2, 0.25) is 0 Å². The second-order valence-electron chi connectivity index (χ2n) is 4.60. The fourth-order valence-electron chi connectivity index (χ4n) is 1.95. The third-order valence-corrected chi connectivity index (χ3v) is 3.06. The SMILES string of the molecule is [N-]=[N+]=NCCOc1ccc(Cc2ccc(CO)cc2)cc1. The smallest absolute Gasteiger partial charge is 0.119 e. The molecule has 0 aromatic heterocycles. The number of aliphatic hydroxyl groups is 1. The molecule has 0 unspecified atom stereocenters. The third kappa shape index (κ3) is 4.84. The van der Waals surface area contributed by atoms with Crippen LogP contribution in [-0.2, 0) is 13.0 Å². The van der Waals surface area contributed by atoms with E-state index in [0.29, 0.717) is 13.2 Å². The molecular formula is C16H17N3O2. The predicted octanol–water partition coefficient (Wildman–Crippen LogP) is 3.46. The summed E-state index contributed by atoms with van der Waals surface area (Å²) in [5, 5.41) is 12.4. The molecule has 5 heteroatoms. The standard InChI is InChI=1S/C16H17N3O2/c17-19-18-9-10-21-16-7-5-14(6-8-16)11-13-1-3-15(12-20)4-2-13/h1-8,20H,9-12H2. The molecule has 108 valence electrons. The lowest BCUT2D eigenvalue weighted by atomic mass is 10.0. The zero-order valence-electron chi connectivity index (χ0n) is 11.6. The van der Waals surface area contributed by atoms with Gasteiger partial charge in [0.25, 0.3) is 0 Å². The summed E-state index contributed by atoms with van der Waals surface area (Å²) >= 11 is 0. The molecule has 0 spiro atoms. The molecule has 5 nitrogen and oxygen atoms in total. The van der Waals surface area contributed by atoms with Crippen LogP contribution in [0.15, 0.2) is 53.6 Å². The van der Waals surface area contributed by atoms with E-state index in [9.17, 15) is 0 Å². The highest BCUT2D eigenvalue weighted by Gasteiger charge is 1.99. The summed E-state index contributed by atoms with van der Waals surface area (Å²) in [7, 11) is 0. The van der Waals surface area contributed by atoms with Crippen LogP contribution in [0.3, 0.4) is 0 Å². The van der Waals surface area contributed by atoms with E-state index in [1.807, 2.05) is 48.5 Å². The Kier molecular flexibility index (Phi) is 5.64. The predicted molar refractivity (Wildman–Crippen MR) is 81.1 cm³/mol. The largest absolute Gasteiger partial charge is 0.493 e. The molecule has 0 saturated heterocycles. The van der Waals surface area contributed by atoms with Crippen molar-refractivity contribution in [1.82, 2.24) is 0 Å². The van der Waals surface area contributed by atoms with Gasteiger partial charge < -0.3 is 9.84 Å². The summed E-state index contributed by atoms with van der Waals surface area (Å²) in [5.74, 6) is 0.766. The van der Waals surface area contributed by atoms with Crippen LogP contribution in [0.5, 0.6) is 5.75 Å². The molecule has 2 aromatic carbocycles. The Morgan fingerprint density at radius 3 is 2.10 bits per heavy atom. The van der Waals surface area contributed by atoms with E-state index >= 15 is 0 Å². The number of nitrogens with zero attached hydrogens (tertiary/aromatic N) is 3. The number of hydrogen-bond acceptors (Lipinski definition) is 3. The number of hydrogen-bond donors (Lipinski definition) is 1. The Morgan fingerprint density at radius 1 is 0.952 bits per heavy atom. The van der Waals surface area contributed by atoms with Crippen LogP contribution in [0.1, 0.15) is 16.7 Å². The number of aliphatic hydroxyl groups excluding tert-OH is 1. The molecule has 0 aliphatic carbocycles. The van der Waals surface area contributed by atoms with Crippen LogP contribution in [0.25, 0.3) is 10.4 Å². The Morgan fingerprint density at radius 2 is 1.52 bits per heavy atom. The van der Waals surface area contributed by atoms with Crippen molar-refractivity contribution in [3.05, 3.63) is 75.7 Å². The molecule has 2 rings (SSSR count). The van der Waals surface area contributed by atoms with Crippen molar-refractivity contribution in [2.45, 2.75) is 13.0 Å². The minimum atomic E-state index is 0.0716. The summed E-state index contributed by atoms with van der Waals surface area (Å²) in [6.07, 6.45) is 0.838. The highest BCUT2D eigenvalue weighted by Crippen LogP contribution is 2.16. The molecule has 0 amide bonds. The van der Waals surface area contributed by atoms with Crippen LogP contribution in [-0.4, -0.2) is 18.3 Å². The quantitative estimate of drug-likeness (QED) is 0.365. The van der Waals surface area contributed by atoms with Crippen LogP contribution < -0.4 is 4.74 Å². The van der Waals surface area contributed by atoms with Gasteiger partial charge in [0.05, 0.1) is 19.8 Å². The molecule has 2 aromatic rings. The Labute approximate surface area is 123 Å². The summed E-state index contributed by atoms with van der Waals surface area (Å²) in [6.45, 7) is 0.781. The summed E-state index contributed by atoms with van der Waals surface area (Å²) in [5.41, 5.74) is 11.5. The fourth-order valence-corrected chi connectivity index (χ4v) is 1.95. The maximum atomic E-state index is 9.01. The Hall–Kier alpha value is -2.49. The van der Waals surface area contributed by atoms with Gasteiger partial charge in [-0.05, 0) is 40.8 Å². The molecule has 0 aliphatic rings. The first-order chi connectivity index (χ1) is 10.3. The second kappa shape index (κ2) is 7.94. The minimum Gasteiger partial charge on any atom is -0.493 e. The minimum absolute atomic E-state index is 0.0716. The maximum Gasteiger partial charge on any atom is 0.119 e. The van der Waals surface area contributed by atoms with E-state index < -0.39 is 0 Å². The zero-order valence-corrected chi connectivity index (χ0v) is 11.6. The van der Waals surface area contributed by atoms with Gasteiger partial charge in [-0.15, -0.1) is 0 Å². The molecule has 0 fully saturated rings. The van der Waals surface area contributed by atoms with Crippen LogP contribution >= 0.6 is 0 Å². The Balaban J connectivity index is 1.90. The topological polar surface area (TPSA) is 78.2 Å². The van der Waals surface area contributed by atoms with E-state index in [-0.39, 0.29) is 6.61 Å². The highest BCUT2D eigenvalue weighted by molar-refractivity contribution is 5.32. The molecule has 1 N–H and O–H groups in total. The van der Waals surface area contributed by atoms with Crippen LogP contribution in [0.4, 0.5) is 0 Å². The average Bonchev–Trinajstić information content (AvgIpc) is 2.54. The lowest BCUT2D eigenvalue weighted by molar-refractivity contribution is 0.282. The molecule has 0 aliphatic heterocycles. The molecule has 0 saturated carbocycles. The highest BCUT2D eigenvalue weighted by atomic mass is 16.5. The van der Waals surface area contributed by atoms with Crippen molar-refractivity contribution in [2.75, 3.05) is 13.2 Å². The van der Waals surface area contributed by atoms with Crippen molar-refractivity contribution >= 4 is 0 Å². The van der Waals surface area contributed by atoms with Crippen molar-refractivity contribution in [3.63, 3.8) is 0 Å². The van der Waals surface area contributed by atoms with E-state index in [1.165, 1.54) is 11.1 Å². The van der Waals surface area contributed by atoms with Gasteiger partial charge in [-0.3, -0.25) is 0 Å². The lowest BCUT2D eigenvalue weighted by Crippen LogP contribution is -2.00.